The Kier molecular flexibility index (Phi) is 7.45. The summed E-state index contributed by atoms with van der Waals surface area (Å²) in [6.45, 7) is 8.57. The Morgan fingerprint density at radius 1 is 1.14 bits per heavy atom. The second-order valence-electron chi connectivity index (χ2n) is 12.1. The minimum atomic E-state index is -0.664. The second-order valence-corrected chi connectivity index (χ2v) is 12.1. The number of fused-ring (bicyclic) bond motifs is 4. The normalized spacial score (nSPS) is 18.5. The van der Waals surface area contributed by atoms with Crippen LogP contribution in [0.1, 0.15) is 46.1 Å². The van der Waals surface area contributed by atoms with Crippen molar-refractivity contribution in [1.29, 1.82) is 0 Å². The number of carbonyl (C=O) groups excluding carboxylic acids is 1. The van der Waals surface area contributed by atoms with Crippen molar-refractivity contribution in [3.8, 4) is 23.0 Å². The molecule has 2 saturated heterocycles. The van der Waals surface area contributed by atoms with E-state index < -0.39 is 17.4 Å². The fourth-order valence-electron chi connectivity index (χ4n) is 6.32. The number of methoxy groups -OCH3 is 1. The molecular formula is C32H36FN5O5. The predicted octanol–water partition coefficient (Wildman–Crippen LogP) is 5.82. The molecule has 0 radical (unpaired) electrons. The fraction of sp³-hybridized carbons (Fsp3) is 0.438. The van der Waals surface area contributed by atoms with Crippen LogP contribution < -0.4 is 9.64 Å². The molecule has 6 rings (SSSR count). The maximum Gasteiger partial charge on any atom is 0.410 e. The van der Waals surface area contributed by atoms with Crippen LogP contribution in [0.15, 0.2) is 36.5 Å². The van der Waals surface area contributed by atoms with Gasteiger partial charge in [0, 0.05) is 32.0 Å². The van der Waals surface area contributed by atoms with E-state index in [1.807, 2.05) is 61.8 Å². The molecule has 4 aromatic rings. The zero-order valence-electron chi connectivity index (χ0n) is 25.1. The molecule has 0 saturated carbocycles. The molecule has 2 atom stereocenters. The van der Waals surface area contributed by atoms with Crippen molar-refractivity contribution in [3.05, 3.63) is 47.9 Å². The monoisotopic (exact) mass is 589 g/mol. The van der Waals surface area contributed by atoms with Gasteiger partial charge in [-0.15, -0.1) is 0 Å². The first-order valence-corrected chi connectivity index (χ1v) is 14.6. The van der Waals surface area contributed by atoms with Crippen molar-refractivity contribution in [2.45, 2.75) is 64.6 Å². The maximum atomic E-state index is 16.5. The Hall–Kier alpha value is -4.25. The summed E-state index contributed by atoms with van der Waals surface area (Å²) in [6.07, 6.45) is 3.61. The lowest BCUT2D eigenvalue weighted by Crippen LogP contribution is -2.57. The van der Waals surface area contributed by atoms with Crippen molar-refractivity contribution >= 4 is 33.6 Å². The van der Waals surface area contributed by atoms with Crippen LogP contribution in [0.4, 0.5) is 15.0 Å². The molecule has 2 fully saturated rings. The summed E-state index contributed by atoms with van der Waals surface area (Å²) in [5.41, 5.74) is 1.07. The Labute approximate surface area is 249 Å². The highest BCUT2D eigenvalue weighted by Crippen LogP contribution is 2.40. The number of aromatic nitrogens is 3. The number of aryl methyl sites for hydroxylation is 1. The van der Waals surface area contributed by atoms with Crippen LogP contribution >= 0.6 is 0 Å². The topological polar surface area (TPSA) is 110 Å². The van der Waals surface area contributed by atoms with E-state index in [2.05, 4.69) is 15.0 Å². The number of piperazine rings is 1. The molecule has 2 aliphatic heterocycles. The number of ether oxygens (including phenoxy) is 3. The third-order valence-electron chi connectivity index (χ3n) is 8.05. The molecule has 43 heavy (non-hydrogen) atoms. The number of nitrogens with zero attached hydrogens (tertiary/aromatic N) is 5. The quantitative estimate of drug-likeness (QED) is 0.278. The Balaban J connectivity index is 1.42. The SMILES string of the molecule is CCc1cccc2cc(OCOC)cc(-c3ncc4c(N5CC6CCC(C5)N6C(=O)OC(C)(C)C)nc(O)nc4c3F)c12. The summed E-state index contributed by atoms with van der Waals surface area (Å²) in [4.78, 5) is 29.8. The standard InChI is InChI=1S/C32H36FN5O5/c1-6-18-8-7-9-19-12-22(42-17-41-5)13-23(25(18)19)27-26(33)28-24(14-34-27)29(36-30(39)35-28)37-15-20-10-11-21(16-37)38(20)31(40)43-32(2,3)4/h7-9,12-14,20-21H,6,10-11,15-17H2,1-5H3,(H,35,36,39). The molecule has 226 valence electrons. The van der Waals surface area contributed by atoms with Gasteiger partial charge in [-0.2, -0.15) is 9.97 Å². The van der Waals surface area contributed by atoms with Crippen LogP contribution in [0, 0.1) is 5.82 Å². The minimum absolute atomic E-state index is 0.0280. The molecule has 2 aromatic heterocycles. The van der Waals surface area contributed by atoms with E-state index in [-0.39, 0.29) is 36.2 Å². The number of rotatable bonds is 6. The molecule has 2 aromatic carbocycles. The van der Waals surface area contributed by atoms with E-state index in [4.69, 9.17) is 14.2 Å². The zero-order valence-corrected chi connectivity index (χ0v) is 25.1. The number of hydrogen-bond acceptors (Lipinski definition) is 9. The number of anilines is 1. The summed E-state index contributed by atoms with van der Waals surface area (Å²) in [5.74, 6) is 0.240. The molecule has 4 heterocycles. The lowest BCUT2D eigenvalue weighted by atomic mass is 9.95. The van der Waals surface area contributed by atoms with Gasteiger partial charge < -0.3 is 24.2 Å². The van der Waals surface area contributed by atoms with Gasteiger partial charge in [0.25, 0.3) is 0 Å². The molecule has 0 spiro atoms. The minimum Gasteiger partial charge on any atom is -0.479 e. The molecular weight excluding hydrogens is 553 g/mol. The number of halogens is 1. The molecule has 1 amide bonds. The van der Waals surface area contributed by atoms with Crippen molar-refractivity contribution in [2.24, 2.45) is 0 Å². The van der Waals surface area contributed by atoms with Crippen molar-refractivity contribution in [3.63, 3.8) is 0 Å². The number of benzene rings is 2. The van der Waals surface area contributed by atoms with Crippen LogP contribution in [0.5, 0.6) is 11.8 Å². The number of amides is 1. The van der Waals surface area contributed by atoms with Crippen LogP contribution in [0.25, 0.3) is 32.9 Å². The van der Waals surface area contributed by atoms with Crippen LogP contribution in [-0.4, -0.2) is 75.7 Å². The van der Waals surface area contributed by atoms with Gasteiger partial charge in [0.15, 0.2) is 12.6 Å². The van der Waals surface area contributed by atoms with E-state index in [1.54, 1.807) is 12.3 Å². The maximum absolute atomic E-state index is 16.5. The summed E-state index contributed by atoms with van der Waals surface area (Å²) in [6, 6.07) is 8.86. The van der Waals surface area contributed by atoms with Crippen LogP contribution in [0.2, 0.25) is 0 Å². The smallest absolute Gasteiger partial charge is 0.410 e. The summed E-state index contributed by atoms with van der Waals surface area (Å²) < 4.78 is 33.0. The first-order valence-electron chi connectivity index (χ1n) is 14.6. The van der Waals surface area contributed by atoms with E-state index in [1.165, 1.54) is 7.11 Å². The van der Waals surface area contributed by atoms with Gasteiger partial charge in [0.05, 0.1) is 17.5 Å². The van der Waals surface area contributed by atoms with Crippen molar-refractivity contribution < 1.29 is 28.5 Å². The van der Waals surface area contributed by atoms with Gasteiger partial charge >= 0.3 is 12.1 Å². The molecule has 2 aliphatic rings. The second kappa shape index (κ2) is 11.1. The lowest BCUT2D eigenvalue weighted by Gasteiger charge is -2.42. The average Bonchev–Trinajstić information content (AvgIpc) is 3.24. The van der Waals surface area contributed by atoms with E-state index in [0.717, 1.165) is 35.6 Å². The van der Waals surface area contributed by atoms with Gasteiger partial charge in [-0.1, -0.05) is 25.1 Å². The van der Waals surface area contributed by atoms with Crippen LogP contribution in [0.3, 0.4) is 0 Å². The third-order valence-corrected chi connectivity index (χ3v) is 8.05. The molecule has 11 heteroatoms. The van der Waals surface area contributed by atoms with E-state index in [0.29, 0.717) is 35.6 Å². The fourth-order valence-corrected chi connectivity index (χ4v) is 6.32. The number of carbonyl (C=O) groups is 1. The molecule has 1 N–H and O–H groups in total. The number of aromatic hydroxyl groups is 1. The highest BCUT2D eigenvalue weighted by Gasteiger charge is 2.45. The van der Waals surface area contributed by atoms with Gasteiger partial charge in [-0.05, 0) is 68.5 Å². The zero-order chi connectivity index (χ0) is 30.5. The van der Waals surface area contributed by atoms with Crippen LogP contribution in [-0.2, 0) is 15.9 Å². The third kappa shape index (κ3) is 5.37. The molecule has 2 bridgehead atoms. The highest BCUT2D eigenvalue weighted by atomic mass is 19.1. The lowest BCUT2D eigenvalue weighted by molar-refractivity contribution is 0.0122. The van der Waals surface area contributed by atoms with Crippen molar-refractivity contribution in [2.75, 3.05) is 31.9 Å². The van der Waals surface area contributed by atoms with Gasteiger partial charge in [-0.3, -0.25) is 9.88 Å². The van der Waals surface area contributed by atoms with Gasteiger partial charge in [-0.25, -0.2) is 9.18 Å². The van der Waals surface area contributed by atoms with Gasteiger partial charge in [0.1, 0.15) is 28.4 Å². The number of hydrogen-bond donors (Lipinski definition) is 1. The molecule has 10 nitrogen and oxygen atoms in total. The first kappa shape index (κ1) is 28.9. The summed E-state index contributed by atoms with van der Waals surface area (Å²) in [7, 11) is 1.54. The Bertz CT molecular complexity index is 1690. The van der Waals surface area contributed by atoms with E-state index >= 15 is 4.39 Å². The average molecular weight is 590 g/mol. The van der Waals surface area contributed by atoms with E-state index in [9.17, 15) is 9.90 Å². The predicted molar refractivity (Wildman–Crippen MR) is 161 cm³/mol. The molecule has 2 unspecified atom stereocenters. The highest BCUT2D eigenvalue weighted by molar-refractivity contribution is 6.01. The Morgan fingerprint density at radius 2 is 1.88 bits per heavy atom. The first-order chi connectivity index (χ1) is 20.6. The summed E-state index contributed by atoms with van der Waals surface area (Å²) in [5, 5.41) is 12.7. The Morgan fingerprint density at radius 3 is 2.56 bits per heavy atom. The number of pyridine rings is 1. The molecule has 0 aliphatic carbocycles. The van der Waals surface area contributed by atoms with Crippen molar-refractivity contribution in [1.82, 2.24) is 19.9 Å². The van der Waals surface area contributed by atoms with Gasteiger partial charge in [0.2, 0.25) is 0 Å². The summed E-state index contributed by atoms with van der Waals surface area (Å²) >= 11 is 0. The largest absolute Gasteiger partial charge is 0.479 e.